The van der Waals surface area contributed by atoms with Gasteiger partial charge in [0.15, 0.2) is 11.6 Å². The molecule has 0 fully saturated rings. The number of hydrogen-bond acceptors (Lipinski definition) is 4. The second-order valence-corrected chi connectivity index (χ2v) is 4.41. The van der Waals surface area contributed by atoms with E-state index in [9.17, 15) is 14.0 Å². The molecule has 4 nitrogen and oxygen atoms in total. The maximum Gasteiger partial charge on any atom is 0.217 e. The number of carbonyl (C=O) groups is 2. The maximum atomic E-state index is 13.4. The Morgan fingerprint density at radius 3 is 2.50 bits per heavy atom. The molecule has 0 radical (unpaired) electrons. The molecule has 0 atom stereocenters. The second-order valence-electron chi connectivity index (χ2n) is 3.49. The first-order valence-electron chi connectivity index (χ1n) is 5.06. The van der Waals surface area contributed by atoms with Crippen LogP contribution in [0.3, 0.4) is 0 Å². The second kappa shape index (κ2) is 6.72. The van der Waals surface area contributed by atoms with E-state index in [0.29, 0.717) is 4.47 Å². The van der Waals surface area contributed by atoms with E-state index in [2.05, 4.69) is 15.9 Å². The smallest absolute Gasteiger partial charge is 0.217 e. The monoisotopic (exact) mass is 318 g/mol. The third-order valence-corrected chi connectivity index (χ3v) is 2.75. The average Bonchev–Trinajstić information content (AvgIpc) is 2.33. The highest BCUT2D eigenvalue weighted by Gasteiger charge is 2.22. The molecule has 1 aromatic carbocycles. The van der Waals surface area contributed by atoms with Crippen molar-refractivity contribution < 1.29 is 23.5 Å². The summed E-state index contributed by atoms with van der Waals surface area (Å²) in [5, 5.41) is 0. The summed E-state index contributed by atoms with van der Waals surface area (Å²) in [6, 6.07) is 3.96. The van der Waals surface area contributed by atoms with Gasteiger partial charge in [0.05, 0.1) is 12.0 Å². The predicted molar refractivity (Wildman–Crippen MR) is 65.9 cm³/mol. The van der Waals surface area contributed by atoms with Crippen molar-refractivity contribution in [1.82, 2.24) is 0 Å². The topological polar surface area (TPSA) is 52.6 Å². The zero-order valence-corrected chi connectivity index (χ0v) is 11.5. The van der Waals surface area contributed by atoms with E-state index in [4.69, 9.17) is 9.47 Å². The third-order valence-electron chi connectivity index (χ3n) is 2.25. The van der Waals surface area contributed by atoms with Gasteiger partial charge in [-0.2, -0.15) is 0 Å². The summed E-state index contributed by atoms with van der Waals surface area (Å²) in [5.74, 6) is -1.83. The Morgan fingerprint density at radius 2 is 1.94 bits per heavy atom. The Bertz CT molecular complexity index is 457. The molecule has 18 heavy (non-hydrogen) atoms. The van der Waals surface area contributed by atoms with Crippen molar-refractivity contribution in [2.75, 3.05) is 14.2 Å². The minimum absolute atomic E-state index is 0.135. The molecule has 0 aliphatic rings. The lowest BCUT2D eigenvalue weighted by molar-refractivity contribution is -0.155. The first kappa shape index (κ1) is 14.9. The Hall–Kier alpha value is -1.11. The fourth-order valence-electron chi connectivity index (χ4n) is 1.41. The molecule has 0 N–H and O–H groups in total. The quantitative estimate of drug-likeness (QED) is 0.459. The van der Waals surface area contributed by atoms with Gasteiger partial charge in [0.25, 0.3) is 0 Å². The van der Waals surface area contributed by atoms with Crippen molar-refractivity contribution in [3.8, 4) is 0 Å². The highest BCUT2D eigenvalue weighted by Crippen LogP contribution is 2.17. The van der Waals surface area contributed by atoms with Gasteiger partial charge in [0.2, 0.25) is 6.29 Å². The van der Waals surface area contributed by atoms with Gasteiger partial charge in [-0.3, -0.25) is 9.59 Å². The Morgan fingerprint density at radius 1 is 1.33 bits per heavy atom. The van der Waals surface area contributed by atoms with Gasteiger partial charge in [0, 0.05) is 18.7 Å². The number of hydrogen-bond donors (Lipinski definition) is 0. The molecular weight excluding hydrogens is 307 g/mol. The van der Waals surface area contributed by atoms with E-state index in [0.717, 1.165) is 6.07 Å². The van der Waals surface area contributed by atoms with Crippen LogP contribution in [0.25, 0.3) is 0 Å². The SMILES string of the molecule is COC(OC)C(=O)CC(=O)c1cc(Br)ccc1F. The minimum atomic E-state index is -1.11. The Labute approximate surface area is 112 Å². The predicted octanol–water partition coefficient (Wildman–Crippen LogP) is 2.35. The molecule has 1 aromatic rings. The van der Waals surface area contributed by atoms with Crippen LogP contribution in [0.2, 0.25) is 0 Å². The van der Waals surface area contributed by atoms with Crippen LogP contribution in [0.15, 0.2) is 22.7 Å². The summed E-state index contributed by atoms with van der Waals surface area (Å²) in [4.78, 5) is 23.4. The van der Waals surface area contributed by atoms with Gasteiger partial charge in [-0.15, -0.1) is 0 Å². The molecule has 0 aliphatic carbocycles. The number of halogens is 2. The fourth-order valence-corrected chi connectivity index (χ4v) is 1.77. The normalized spacial score (nSPS) is 10.7. The summed E-state index contributed by atoms with van der Waals surface area (Å²) in [5.41, 5.74) is -0.135. The van der Waals surface area contributed by atoms with Crippen molar-refractivity contribution >= 4 is 27.5 Å². The number of Topliss-reactive ketones (excluding diaryl/α,β-unsaturated/α-hetero) is 2. The first-order chi connectivity index (χ1) is 8.49. The highest BCUT2D eigenvalue weighted by atomic mass is 79.9. The standard InChI is InChI=1S/C12H12BrFO4/c1-17-12(18-2)11(16)6-10(15)8-5-7(13)3-4-9(8)14/h3-5,12H,6H2,1-2H3. The first-order valence-corrected chi connectivity index (χ1v) is 5.85. The summed E-state index contributed by atoms with van der Waals surface area (Å²) in [6.07, 6.45) is -1.58. The Balaban J connectivity index is 2.82. The van der Waals surface area contributed by atoms with Crippen LogP contribution >= 0.6 is 15.9 Å². The lowest BCUT2D eigenvalue weighted by atomic mass is 10.1. The molecule has 0 aromatic heterocycles. The number of carbonyl (C=O) groups excluding carboxylic acids is 2. The van der Waals surface area contributed by atoms with E-state index in [1.54, 1.807) is 0 Å². The number of benzene rings is 1. The molecule has 0 aliphatic heterocycles. The van der Waals surface area contributed by atoms with Crippen molar-refractivity contribution in [2.45, 2.75) is 12.7 Å². The maximum absolute atomic E-state index is 13.4. The van der Waals surface area contributed by atoms with Crippen molar-refractivity contribution in [2.24, 2.45) is 0 Å². The molecule has 6 heteroatoms. The lowest BCUT2D eigenvalue weighted by Crippen LogP contribution is -2.27. The largest absolute Gasteiger partial charge is 0.349 e. The van der Waals surface area contributed by atoms with Crippen molar-refractivity contribution in [3.05, 3.63) is 34.1 Å². The minimum Gasteiger partial charge on any atom is -0.349 e. The van der Waals surface area contributed by atoms with Gasteiger partial charge in [-0.25, -0.2) is 4.39 Å². The van der Waals surface area contributed by atoms with Crippen LogP contribution in [-0.4, -0.2) is 32.1 Å². The number of ketones is 2. The summed E-state index contributed by atoms with van der Waals surface area (Å²) in [7, 11) is 2.58. The van der Waals surface area contributed by atoms with Crippen LogP contribution in [0.4, 0.5) is 4.39 Å². The van der Waals surface area contributed by atoms with E-state index in [-0.39, 0.29) is 5.56 Å². The summed E-state index contributed by atoms with van der Waals surface area (Å²) in [6.45, 7) is 0. The van der Waals surface area contributed by atoms with E-state index in [1.807, 2.05) is 0 Å². The highest BCUT2D eigenvalue weighted by molar-refractivity contribution is 9.10. The van der Waals surface area contributed by atoms with Crippen molar-refractivity contribution in [1.29, 1.82) is 0 Å². The zero-order valence-electron chi connectivity index (χ0n) is 9.91. The molecule has 0 bridgehead atoms. The molecule has 98 valence electrons. The zero-order chi connectivity index (χ0) is 13.7. The van der Waals surface area contributed by atoms with Gasteiger partial charge < -0.3 is 9.47 Å². The van der Waals surface area contributed by atoms with Crippen molar-refractivity contribution in [3.63, 3.8) is 0 Å². The molecular formula is C12H12BrFO4. The number of methoxy groups -OCH3 is 2. The molecule has 0 saturated heterocycles. The Kier molecular flexibility index (Phi) is 5.58. The molecule has 0 saturated carbocycles. The summed E-state index contributed by atoms with van der Waals surface area (Å²) < 4.78 is 23.4. The molecule has 0 spiro atoms. The molecule has 0 unspecified atom stereocenters. The van der Waals surface area contributed by atoms with Crippen LogP contribution in [0.5, 0.6) is 0 Å². The van der Waals surface area contributed by atoms with E-state index >= 15 is 0 Å². The molecule has 0 amide bonds. The van der Waals surface area contributed by atoms with Gasteiger partial charge in [-0.1, -0.05) is 15.9 Å². The van der Waals surface area contributed by atoms with Gasteiger partial charge in [-0.05, 0) is 18.2 Å². The average molecular weight is 319 g/mol. The number of ether oxygens (including phenoxy) is 2. The van der Waals surface area contributed by atoms with Gasteiger partial charge in [0.1, 0.15) is 5.82 Å². The number of rotatable bonds is 6. The molecule has 0 heterocycles. The van der Waals surface area contributed by atoms with E-state index in [1.165, 1.54) is 26.4 Å². The van der Waals surface area contributed by atoms with Crippen LogP contribution in [0.1, 0.15) is 16.8 Å². The van der Waals surface area contributed by atoms with E-state index < -0.39 is 30.1 Å². The lowest BCUT2D eigenvalue weighted by Gasteiger charge is -2.11. The van der Waals surface area contributed by atoms with Crippen LogP contribution in [0, 0.1) is 5.82 Å². The van der Waals surface area contributed by atoms with Crippen LogP contribution < -0.4 is 0 Å². The van der Waals surface area contributed by atoms with Crippen LogP contribution in [-0.2, 0) is 14.3 Å². The third kappa shape index (κ3) is 3.69. The fraction of sp³-hybridized carbons (Fsp3) is 0.333. The summed E-state index contributed by atoms with van der Waals surface area (Å²) >= 11 is 3.13. The van der Waals surface area contributed by atoms with Gasteiger partial charge >= 0.3 is 0 Å². The molecule has 1 rings (SSSR count).